The van der Waals surface area contributed by atoms with Crippen molar-refractivity contribution in [2.45, 2.75) is 45.6 Å². The average molecular weight is 498 g/mol. The first-order chi connectivity index (χ1) is 18.1. The SMILES string of the molecule is Cc1cccc(OCCCCn2c(C3CC(=O)N(c4ccc5c(c4)OCO5)C3)nc3ccccc32)c1C. The monoisotopic (exact) mass is 497 g/mol. The van der Waals surface area contributed by atoms with Crippen molar-refractivity contribution in [2.75, 3.05) is 24.8 Å². The fourth-order valence-corrected chi connectivity index (χ4v) is 5.26. The van der Waals surface area contributed by atoms with E-state index in [1.54, 1.807) is 0 Å². The second kappa shape index (κ2) is 9.81. The quantitative estimate of drug-likeness (QED) is 0.290. The topological polar surface area (TPSA) is 65.8 Å². The van der Waals surface area contributed by atoms with Crippen LogP contribution in [0.25, 0.3) is 11.0 Å². The molecule has 0 radical (unpaired) electrons. The molecule has 7 nitrogen and oxygen atoms in total. The van der Waals surface area contributed by atoms with Crippen LogP contribution < -0.4 is 19.1 Å². The Morgan fingerprint density at radius 2 is 1.86 bits per heavy atom. The minimum atomic E-state index is 0.0246. The molecule has 1 saturated heterocycles. The summed E-state index contributed by atoms with van der Waals surface area (Å²) in [7, 11) is 0. The molecule has 0 aliphatic carbocycles. The lowest BCUT2D eigenvalue weighted by Crippen LogP contribution is -2.24. The molecule has 1 amide bonds. The minimum absolute atomic E-state index is 0.0246. The van der Waals surface area contributed by atoms with Crippen molar-refractivity contribution < 1.29 is 19.0 Å². The number of carbonyl (C=O) groups is 1. The van der Waals surface area contributed by atoms with Crippen LogP contribution in [-0.4, -0.2) is 35.4 Å². The largest absolute Gasteiger partial charge is 0.493 e. The number of benzene rings is 3. The van der Waals surface area contributed by atoms with Gasteiger partial charge in [-0.3, -0.25) is 4.79 Å². The number of ether oxygens (including phenoxy) is 3. The molecular formula is C30H31N3O4. The summed E-state index contributed by atoms with van der Waals surface area (Å²) in [5.74, 6) is 3.47. The highest BCUT2D eigenvalue weighted by molar-refractivity contribution is 5.97. The lowest BCUT2D eigenvalue weighted by atomic mass is 10.1. The summed E-state index contributed by atoms with van der Waals surface area (Å²) in [5, 5.41) is 0. The van der Waals surface area contributed by atoms with Gasteiger partial charge in [0.15, 0.2) is 11.5 Å². The van der Waals surface area contributed by atoms with Crippen molar-refractivity contribution in [3.8, 4) is 17.2 Å². The zero-order valence-electron chi connectivity index (χ0n) is 21.3. The Morgan fingerprint density at radius 1 is 1.00 bits per heavy atom. The predicted molar refractivity (Wildman–Crippen MR) is 143 cm³/mol. The minimum Gasteiger partial charge on any atom is -0.493 e. The Labute approximate surface area is 216 Å². The lowest BCUT2D eigenvalue weighted by Gasteiger charge is -2.18. The molecule has 37 heavy (non-hydrogen) atoms. The van der Waals surface area contributed by atoms with Crippen LogP contribution in [0.5, 0.6) is 17.2 Å². The molecule has 3 aromatic carbocycles. The second-order valence-electron chi connectivity index (χ2n) is 9.81. The van der Waals surface area contributed by atoms with Crippen molar-refractivity contribution in [1.82, 2.24) is 9.55 Å². The van der Waals surface area contributed by atoms with Crippen molar-refractivity contribution in [3.05, 3.63) is 77.6 Å². The van der Waals surface area contributed by atoms with Crippen LogP contribution >= 0.6 is 0 Å². The number of aryl methyl sites for hydroxylation is 2. The highest BCUT2D eigenvalue weighted by atomic mass is 16.7. The van der Waals surface area contributed by atoms with Gasteiger partial charge in [-0.05, 0) is 68.1 Å². The van der Waals surface area contributed by atoms with Gasteiger partial charge < -0.3 is 23.7 Å². The first-order valence-electron chi connectivity index (χ1n) is 12.9. The van der Waals surface area contributed by atoms with Gasteiger partial charge in [-0.15, -0.1) is 0 Å². The van der Waals surface area contributed by atoms with Crippen LogP contribution in [0, 0.1) is 13.8 Å². The summed E-state index contributed by atoms with van der Waals surface area (Å²) in [6.07, 6.45) is 2.34. The molecule has 0 bridgehead atoms. The number of hydrogen-bond donors (Lipinski definition) is 0. The second-order valence-corrected chi connectivity index (χ2v) is 9.81. The fourth-order valence-electron chi connectivity index (χ4n) is 5.26. The Morgan fingerprint density at radius 3 is 2.78 bits per heavy atom. The Kier molecular flexibility index (Phi) is 6.20. The number of fused-ring (bicyclic) bond motifs is 2. The Hall–Kier alpha value is -4.00. The molecule has 7 heteroatoms. The van der Waals surface area contributed by atoms with Crippen LogP contribution in [0.2, 0.25) is 0 Å². The van der Waals surface area contributed by atoms with E-state index in [2.05, 4.69) is 30.5 Å². The van der Waals surface area contributed by atoms with E-state index in [4.69, 9.17) is 19.2 Å². The molecule has 3 heterocycles. The number of para-hydroxylation sites is 2. The average Bonchev–Trinajstić information content (AvgIpc) is 3.62. The highest BCUT2D eigenvalue weighted by Gasteiger charge is 2.35. The number of hydrogen-bond acceptors (Lipinski definition) is 5. The predicted octanol–water partition coefficient (Wildman–Crippen LogP) is 5.76. The van der Waals surface area contributed by atoms with Gasteiger partial charge in [0.1, 0.15) is 11.6 Å². The summed E-state index contributed by atoms with van der Waals surface area (Å²) >= 11 is 0. The van der Waals surface area contributed by atoms with Crippen LogP contribution in [0.3, 0.4) is 0 Å². The van der Waals surface area contributed by atoms with Crippen LogP contribution in [0.15, 0.2) is 60.7 Å². The summed E-state index contributed by atoms with van der Waals surface area (Å²) in [4.78, 5) is 19.9. The third-order valence-electron chi connectivity index (χ3n) is 7.43. The van der Waals surface area contributed by atoms with Crippen molar-refractivity contribution >= 4 is 22.6 Å². The molecule has 1 unspecified atom stereocenters. The smallest absolute Gasteiger partial charge is 0.231 e. The third kappa shape index (κ3) is 4.50. The molecule has 2 aliphatic rings. The zero-order chi connectivity index (χ0) is 25.4. The van der Waals surface area contributed by atoms with E-state index in [1.165, 1.54) is 11.1 Å². The maximum Gasteiger partial charge on any atom is 0.231 e. The maximum absolute atomic E-state index is 13.1. The molecule has 4 aromatic rings. The molecular weight excluding hydrogens is 466 g/mol. The van der Waals surface area contributed by atoms with Crippen LogP contribution in [0.1, 0.15) is 42.1 Å². The first kappa shape index (κ1) is 23.4. The Balaban J connectivity index is 1.16. The molecule has 6 rings (SSSR count). The van der Waals surface area contributed by atoms with E-state index in [0.717, 1.165) is 53.4 Å². The number of amides is 1. The van der Waals surface area contributed by atoms with Crippen molar-refractivity contribution in [2.24, 2.45) is 0 Å². The molecule has 1 atom stereocenters. The molecule has 1 fully saturated rings. The van der Waals surface area contributed by atoms with Gasteiger partial charge in [-0.1, -0.05) is 24.3 Å². The number of rotatable bonds is 8. The van der Waals surface area contributed by atoms with Gasteiger partial charge in [-0.2, -0.15) is 0 Å². The van der Waals surface area contributed by atoms with E-state index in [0.29, 0.717) is 25.3 Å². The number of unbranched alkanes of at least 4 members (excludes halogenated alkanes) is 1. The summed E-state index contributed by atoms with van der Waals surface area (Å²) < 4.78 is 19.3. The molecule has 190 valence electrons. The van der Waals surface area contributed by atoms with Gasteiger partial charge in [0.05, 0.1) is 17.6 Å². The number of imidazole rings is 1. The van der Waals surface area contributed by atoms with E-state index in [9.17, 15) is 4.79 Å². The normalized spacial score (nSPS) is 16.6. The summed E-state index contributed by atoms with van der Waals surface area (Å²) in [6, 6.07) is 20.1. The van der Waals surface area contributed by atoms with Gasteiger partial charge in [0.2, 0.25) is 12.7 Å². The lowest BCUT2D eigenvalue weighted by molar-refractivity contribution is -0.117. The standard InChI is InChI=1S/C30H31N3O4/c1-20-8-7-11-26(21(20)2)35-15-6-5-14-32-25-10-4-3-9-24(25)31-30(32)22-16-29(34)33(18-22)23-12-13-27-28(17-23)37-19-36-27/h3-4,7-13,17,22H,5-6,14-16,18-19H2,1-2H3. The van der Waals surface area contributed by atoms with Gasteiger partial charge in [0, 0.05) is 37.2 Å². The summed E-state index contributed by atoms with van der Waals surface area (Å²) in [5.41, 5.74) is 5.36. The summed E-state index contributed by atoms with van der Waals surface area (Å²) in [6.45, 7) is 6.53. The molecule has 2 aliphatic heterocycles. The molecule has 0 N–H and O–H groups in total. The van der Waals surface area contributed by atoms with Crippen LogP contribution in [0.4, 0.5) is 5.69 Å². The number of nitrogens with zero attached hydrogens (tertiary/aromatic N) is 3. The van der Waals surface area contributed by atoms with Crippen molar-refractivity contribution in [1.29, 1.82) is 0 Å². The number of anilines is 1. The highest BCUT2D eigenvalue weighted by Crippen LogP contribution is 2.39. The molecule has 1 aromatic heterocycles. The van der Waals surface area contributed by atoms with E-state index in [-0.39, 0.29) is 18.6 Å². The number of aromatic nitrogens is 2. The zero-order valence-corrected chi connectivity index (χ0v) is 21.3. The van der Waals surface area contributed by atoms with Crippen LogP contribution in [-0.2, 0) is 11.3 Å². The number of carbonyl (C=O) groups excluding carboxylic acids is 1. The molecule has 0 saturated carbocycles. The maximum atomic E-state index is 13.1. The van der Waals surface area contributed by atoms with Gasteiger partial charge >= 0.3 is 0 Å². The van der Waals surface area contributed by atoms with Gasteiger partial charge in [0.25, 0.3) is 0 Å². The fraction of sp³-hybridized carbons (Fsp3) is 0.333. The van der Waals surface area contributed by atoms with Gasteiger partial charge in [-0.25, -0.2) is 4.98 Å². The third-order valence-corrected chi connectivity index (χ3v) is 7.43. The van der Waals surface area contributed by atoms with Crippen molar-refractivity contribution in [3.63, 3.8) is 0 Å². The van der Waals surface area contributed by atoms with E-state index >= 15 is 0 Å². The van der Waals surface area contributed by atoms with E-state index < -0.39 is 0 Å². The first-order valence-corrected chi connectivity index (χ1v) is 12.9. The van der Waals surface area contributed by atoms with E-state index in [1.807, 2.05) is 53.4 Å². The molecule has 0 spiro atoms. The Bertz CT molecular complexity index is 1460.